The second-order valence-corrected chi connectivity index (χ2v) is 7.10. The molecule has 0 aliphatic heterocycles. The van der Waals surface area contributed by atoms with Crippen LogP contribution in [0.5, 0.6) is 5.75 Å². The van der Waals surface area contributed by atoms with E-state index >= 15 is 0 Å². The van der Waals surface area contributed by atoms with Crippen molar-refractivity contribution in [2.24, 2.45) is 0 Å². The minimum absolute atomic E-state index is 0.187. The zero-order valence-electron chi connectivity index (χ0n) is 14.1. The van der Waals surface area contributed by atoms with Crippen molar-refractivity contribution in [2.45, 2.75) is 0 Å². The third-order valence-electron chi connectivity index (χ3n) is 3.73. The first kappa shape index (κ1) is 19.2. The average Bonchev–Trinajstić information content (AvgIpc) is 3.09. The number of carbonyl (C=O) groups is 2. The Morgan fingerprint density at radius 1 is 1.26 bits per heavy atom. The van der Waals surface area contributed by atoms with E-state index in [1.54, 1.807) is 24.4 Å². The van der Waals surface area contributed by atoms with Crippen molar-refractivity contribution in [1.29, 1.82) is 0 Å². The van der Waals surface area contributed by atoms with Crippen LogP contribution >= 0.6 is 27.5 Å². The minimum atomic E-state index is -1.13. The van der Waals surface area contributed by atoms with Gasteiger partial charge in [-0.2, -0.15) is 5.10 Å². The van der Waals surface area contributed by atoms with Crippen molar-refractivity contribution in [3.05, 3.63) is 69.4 Å². The van der Waals surface area contributed by atoms with Crippen LogP contribution in [0.4, 0.5) is 0 Å². The molecule has 0 amide bonds. The van der Waals surface area contributed by atoms with Crippen LogP contribution in [0.3, 0.4) is 0 Å². The van der Waals surface area contributed by atoms with Crippen LogP contribution in [0.1, 0.15) is 15.9 Å². The normalized spacial score (nSPS) is 10.6. The van der Waals surface area contributed by atoms with Gasteiger partial charge in [0, 0.05) is 10.7 Å². The number of ether oxygens (including phenoxy) is 1. The van der Waals surface area contributed by atoms with Crippen molar-refractivity contribution in [3.8, 4) is 11.4 Å². The van der Waals surface area contributed by atoms with Crippen LogP contribution < -0.4 is 10.2 Å². The van der Waals surface area contributed by atoms with Crippen LogP contribution in [-0.4, -0.2) is 41.1 Å². The van der Waals surface area contributed by atoms with Gasteiger partial charge in [0.15, 0.2) is 12.4 Å². The topological polar surface area (TPSA) is 81.4 Å². The summed E-state index contributed by atoms with van der Waals surface area (Å²) in [7, 11) is 1.93. The van der Waals surface area contributed by atoms with E-state index in [0.29, 0.717) is 20.7 Å². The molecule has 2 aromatic carbocycles. The van der Waals surface area contributed by atoms with Crippen molar-refractivity contribution in [3.63, 3.8) is 0 Å². The molecule has 3 aromatic rings. The van der Waals surface area contributed by atoms with Gasteiger partial charge in [-0.3, -0.25) is 4.79 Å². The number of aliphatic carboxylic acids is 1. The molecule has 1 heterocycles. The number of nitrogens with zero attached hydrogens (tertiary/aromatic N) is 2. The zero-order chi connectivity index (χ0) is 19.6. The van der Waals surface area contributed by atoms with Crippen molar-refractivity contribution in [1.82, 2.24) is 9.78 Å². The first-order chi connectivity index (χ1) is 12.8. The molecule has 0 radical (unpaired) electrons. The first-order valence-corrected chi connectivity index (χ1v) is 9.02. The number of carbonyl (C=O) groups excluding carboxylic acids is 1. The Hall–Kier alpha value is -2.58. The molecular weight excluding hydrogens is 434 g/mol. The molecule has 1 aromatic heterocycles. The van der Waals surface area contributed by atoms with Gasteiger partial charge in [0.1, 0.15) is 13.6 Å². The second-order valence-electron chi connectivity index (χ2n) is 5.78. The average molecular weight is 447 g/mol. The molecule has 0 aliphatic rings. The molecule has 0 saturated heterocycles. The van der Waals surface area contributed by atoms with Crippen molar-refractivity contribution in [2.75, 3.05) is 6.61 Å². The highest BCUT2D eigenvalue weighted by atomic mass is 79.9. The largest absolute Gasteiger partial charge is 0.481 e. The van der Waals surface area contributed by atoms with Gasteiger partial charge in [0.05, 0.1) is 28.0 Å². The van der Waals surface area contributed by atoms with Crippen LogP contribution in [0.25, 0.3) is 5.69 Å². The molecule has 0 fully saturated rings. The van der Waals surface area contributed by atoms with E-state index in [1.807, 2.05) is 26.0 Å². The Kier molecular flexibility index (Phi) is 5.67. The Bertz CT molecular complexity index is 1040. The van der Waals surface area contributed by atoms with E-state index in [4.69, 9.17) is 21.4 Å². The number of benzene rings is 2. The van der Waals surface area contributed by atoms with E-state index < -0.39 is 12.6 Å². The predicted octanol–water partition coefficient (Wildman–Crippen LogP) is 2.24. The highest BCUT2D eigenvalue weighted by molar-refractivity contribution is 9.10. The number of carboxylic acid groups (broad SMARTS) is 1. The third-order valence-corrected chi connectivity index (χ3v) is 4.53. The maximum atomic E-state index is 12.9. The summed E-state index contributed by atoms with van der Waals surface area (Å²) in [5, 5.41) is 13.5. The summed E-state index contributed by atoms with van der Waals surface area (Å²) in [5.74, 6) is -1.28. The smallest absolute Gasteiger partial charge is 0.341 e. The molecule has 0 bridgehead atoms. The minimum Gasteiger partial charge on any atom is -0.481 e. The molecule has 0 unspecified atom stereocenters. The Balaban J connectivity index is 1.94. The molecule has 136 valence electrons. The molecular formula is C18H13BBrClN2O4. The number of halogens is 2. The lowest BCUT2D eigenvalue weighted by atomic mass is 9.96. The van der Waals surface area contributed by atoms with E-state index in [1.165, 1.54) is 10.9 Å². The Morgan fingerprint density at radius 2 is 2.04 bits per heavy atom. The molecule has 0 spiro atoms. The molecule has 3 rings (SSSR count). The molecule has 1 N–H and O–H groups in total. The summed E-state index contributed by atoms with van der Waals surface area (Å²) in [4.78, 5) is 23.7. The maximum absolute atomic E-state index is 12.9. The maximum Gasteiger partial charge on any atom is 0.341 e. The van der Waals surface area contributed by atoms with Gasteiger partial charge in [0.25, 0.3) is 0 Å². The van der Waals surface area contributed by atoms with Gasteiger partial charge in [0.2, 0.25) is 0 Å². The fourth-order valence-corrected chi connectivity index (χ4v) is 3.15. The summed E-state index contributed by atoms with van der Waals surface area (Å²) in [5.41, 5.74) is 2.23. The number of aromatic nitrogens is 2. The number of hydrogen-bond donors (Lipinski definition) is 1. The molecule has 0 aliphatic carbocycles. The number of hydrogen-bond acceptors (Lipinski definition) is 4. The van der Waals surface area contributed by atoms with Crippen LogP contribution in [-0.2, 0) is 4.79 Å². The summed E-state index contributed by atoms with van der Waals surface area (Å²) in [6.07, 6.45) is 3.00. The molecule has 0 saturated carbocycles. The molecule has 0 atom stereocenters. The fourth-order valence-electron chi connectivity index (χ4n) is 2.47. The van der Waals surface area contributed by atoms with Gasteiger partial charge in [-0.05, 0) is 30.3 Å². The summed E-state index contributed by atoms with van der Waals surface area (Å²) >= 11 is 9.57. The standard InChI is InChI=1S/C18H13BBrClN2O4/c19-11-1-3-15(14(21)5-11)23-8-10(7-22-23)18(26)13-6-12(20)2-4-16(13)27-9-17(24)25/h1-8H,9,19H2,(H,24,25). The lowest BCUT2D eigenvalue weighted by molar-refractivity contribution is -0.139. The predicted molar refractivity (Wildman–Crippen MR) is 107 cm³/mol. The van der Waals surface area contributed by atoms with Crippen LogP contribution in [0.15, 0.2) is 53.3 Å². The molecule has 27 heavy (non-hydrogen) atoms. The summed E-state index contributed by atoms with van der Waals surface area (Å²) < 4.78 is 7.42. The van der Waals surface area contributed by atoms with Gasteiger partial charge in [-0.15, -0.1) is 0 Å². The van der Waals surface area contributed by atoms with Gasteiger partial charge in [-0.25, -0.2) is 9.48 Å². The van der Waals surface area contributed by atoms with E-state index in [-0.39, 0.29) is 17.1 Å². The Labute approximate surface area is 169 Å². The van der Waals surface area contributed by atoms with Gasteiger partial charge in [-0.1, -0.05) is 39.1 Å². The number of ketones is 1. The quantitative estimate of drug-likeness (QED) is 0.463. The van der Waals surface area contributed by atoms with Crippen molar-refractivity contribution < 1.29 is 19.4 Å². The highest BCUT2D eigenvalue weighted by Gasteiger charge is 2.18. The lowest BCUT2D eigenvalue weighted by Gasteiger charge is -2.09. The monoisotopic (exact) mass is 446 g/mol. The van der Waals surface area contributed by atoms with E-state index in [2.05, 4.69) is 21.0 Å². The fraction of sp³-hybridized carbons (Fsp3) is 0.0556. The Morgan fingerprint density at radius 3 is 2.74 bits per heavy atom. The zero-order valence-corrected chi connectivity index (χ0v) is 16.5. The number of carboxylic acids is 1. The lowest BCUT2D eigenvalue weighted by Crippen LogP contribution is -2.12. The third kappa shape index (κ3) is 4.40. The van der Waals surface area contributed by atoms with Gasteiger partial charge < -0.3 is 9.84 Å². The van der Waals surface area contributed by atoms with E-state index in [9.17, 15) is 9.59 Å². The first-order valence-electron chi connectivity index (χ1n) is 7.85. The number of rotatable bonds is 6. The van der Waals surface area contributed by atoms with Crippen LogP contribution in [0.2, 0.25) is 5.02 Å². The summed E-state index contributed by atoms with van der Waals surface area (Å²) in [6, 6.07) is 10.3. The SMILES string of the molecule is Bc1ccc(-n2cc(C(=O)c3cc(Br)ccc3OCC(=O)O)cn2)c(Cl)c1. The molecule has 9 heteroatoms. The molecule has 6 nitrogen and oxygen atoms in total. The van der Waals surface area contributed by atoms with Crippen LogP contribution in [0, 0.1) is 0 Å². The summed E-state index contributed by atoms with van der Waals surface area (Å²) in [6.45, 7) is -0.542. The van der Waals surface area contributed by atoms with Crippen molar-refractivity contribution >= 4 is 52.6 Å². The highest BCUT2D eigenvalue weighted by Crippen LogP contribution is 2.26. The second kappa shape index (κ2) is 7.98. The van der Waals surface area contributed by atoms with Gasteiger partial charge >= 0.3 is 5.97 Å². The van der Waals surface area contributed by atoms with E-state index in [0.717, 1.165) is 5.46 Å².